The Morgan fingerprint density at radius 3 is 2.36 bits per heavy atom. The summed E-state index contributed by atoms with van der Waals surface area (Å²) in [6.07, 6.45) is 1.96. The van der Waals surface area contributed by atoms with Crippen LogP contribution in [0.15, 0.2) is 78.9 Å². The Labute approximate surface area is 247 Å². The largest absolute Gasteiger partial charge is 0.451 e. The predicted octanol–water partition coefficient (Wildman–Crippen LogP) is 6.52. The fraction of sp³-hybridized carbons (Fsp3) is 0.265. The van der Waals surface area contributed by atoms with E-state index in [0.29, 0.717) is 50.3 Å². The van der Waals surface area contributed by atoms with Crippen LogP contribution in [0.5, 0.6) is 0 Å². The van der Waals surface area contributed by atoms with E-state index in [1.54, 1.807) is 60.7 Å². The summed E-state index contributed by atoms with van der Waals surface area (Å²) in [5.74, 6) is -1.07. The molecule has 4 aromatic rings. The number of para-hydroxylation sites is 1. The van der Waals surface area contributed by atoms with E-state index in [2.05, 4.69) is 0 Å². The van der Waals surface area contributed by atoms with Crippen molar-refractivity contribution in [3.05, 3.63) is 95.0 Å². The summed E-state index contributed by atoms with van der Waals surface area (Å²) in [6, 6.07) is 22.5. The van der Waals surface area contributed by atoms with Gasteiger partial charge >= 0.3 is 5.97 Å². The van der Waals surface area contributed by atoms with Crippen LogP contribution < -0.4 is 4.90 Å². The van der Waals surface area contributed by atoms with E-state index in [9.17, 15) is 19.2 Å². The number of amides is 2. The minimum Gasteiger partial charge on any atom is -0.451 e. The molecule has 2 amide bonds. The Morgan fingerprint density at radius 1 is 0.905 bits per heavy atom. The molecule has 3 aliphatic rings. The molecule has 1 aliphatic heterocycles. The van der Waals surface area contributed by atoms with Crippen LogP contribution in [0.25, 0.3) is 22.2 Å². The van der Waals surface area contributed by atoms with Gasteiger partial charge in [-0.15, -0.1) is 0 Å². The molecule has 0 spiro atoms. The lowest BCUT2D eigenvalue weighted by molar-refractivity contribution is -0.123. The highest BCUT2D eigenvalue weighted by Crippen LogP contribution is 2.56. The number of aromatic nitrogens is 1. The van der Waals surface area contributed by atoms with Gasteiger partial charge in [0.05, 0.1) is 34.3 Å². The third kappa shape index (κ3) is 4.31. The zero-order valence-electron chi connectivity index (χ0n) is 22.8. The fourth-order valence-electron chi connectivity index (χ4n) is 7.11. The lowest BCUT2D eigenvalue weighted by Gasteiger charge is -2.19. The van der Waals surface area contributed by atoms with Crippen molar-refractivity contribution in [2.45, 2.75) is 32.3 Å². The first-order valence-corrected chi connectivity index (χ1v) is 14.6. The number of ether oxygens (including phenoxy) is 1. The van der Waals surface area contributed by atoms with Gasteiger partial charge in [0.15, 0.2) is 6.10 Å². The topological polar surface area (TPSA) is 93.6 Å². The molecule has 7 nitrogen and oxygen atoms in total. The van der Waals surface area contributed by atoms with Gasteiger partial charge in [0.1, 0.15) is 0 Å². The number of Topliss-reactive ketones (excluding diaryl/α,β-unsaturated/α-hetero) is 1. The smallest absolute Gasteiger partial charge is 0.339 e. The second-order valence-electron chi connectivity index (χ2n) is 11.4. The summed E-state index contributed by atoms with van der Waals surface area (Å²) < 4.78 is 5.64. The normalized spacial score (nSPS) is 23.3. The minimum atomic E-state index is -1.04. The number of fused-ring (bicyclic) bond motifs is 6. The van der Waals surface area contributed by atoms with Crippen molar-refractivity contribution in [3.8, 4) is 11.3 Å². The fourth-order valence-corrected chi connectivity index (χ4v) is 7.30. The molecule has 210 valence electrons. The SMILES string of the molecule is C[C@H](OC(=O)c1cc(-c2cccc(N3C(=O)[C@@H]4[C@@H]5CC[C@@H](C5)[C@@H]4C3=O)c2)nc2ccccc12)C(=O)c1cccc(Cl)c1. The number of halogens is 1. The van der Waals surface area contributed by atoms with Crippen molar-refractivity contribution < 1.29 is 23.9 Å². The van der Waals surface area contributed by atoms with Gasteiger partial charge in [-0.25, -0.2) is 9.78 Å². The first-order valence-electron chi connectivity index (χ1n) is 14.2. The molecule has 3 aromatic carbocycles. The van der Waals surface area contributed by atoms with E-state index < -0.39 is 12.1 Å². The summed E-state index contributed by atoms with van der Waals surface area (Å²) in [6.45, 7) is 1.53. The highest BCUT2D eigenvalue weighted by atomic mass is 35.5. The van der Waals surface area contributed by atoms with E-state index in [1.807, 2.05) is 12.1 Å². The van der Waals surface area contributed by atoms with Gasteiger partial charge in [-0.2, -0.15) is 0 Å². The molecule has 2 aliphatic carbocycles. The summed E-state index contributed by atoms with van der Waals surface area (Å²) in [5, 5.41) is 0.997. The molecule has 1 aromatic heterocycles. The van der Waals surface area contributed by atoms with Crippen LogP contribution in [0.3, 0.4) is 0 Å². The standard InChI is InChI=1S/C34H27ClN2O5/c1-18(31(38)22-7-4-8-23(35)15-22)42-34(41)26-17-28(36-27-11-3-2-10-25(26)27)19-6-5-9-24(16-19)37-32(39)29-20-12-13-21(14-20)30(29)33(37)40/h2-11,15-18,20-21,29-30H,12-14H2,1H3/t18-,20-,21+,29-,30+/m0/s1. The molecule has 0 N–H and O–H groups in total. The van der Waals surface area contributed by atoms with Gasteiger partial charge in [0.25, 0.3) is 0 Å². The monoisotopic (exact) mass is 578 g/mol. The average Bonchev–Trinajstić information content (AvgIpc) is 3.69. The van der Waals surface area contributed by atoms with Crippen molar-refractivity contribution in [1.29, 1.82) is 0 Å². The molecule has 7 rings (SSSR count). The van der Waals surface area contributed by atoms with Gasteiger partial charge < -0.3 is 4.74 Å². The minimum absolute atomic E-state index is 0.108. The average molecular weight is 579 g/mol. The van der Waals surface area contributed by atoms with Crippen LogP contribution in [0.1, 0.15) is 46.9 Å². The van der Waals surface area contributed by atoms with Crippen LogP contribution in [0.4, 0.5) is 5.69 Å². The van der Waals surface area contributed by atoms with E-state index in [0.717, 1.165) is 19.3 Å². The molecular formula is C34H27ClN2O5. The first-order chi connectivity index (χ1) is 20.3. The number of imide groups is 1. The maximum absolute atomic E-state index is 13.5. The second-order valence-corrected chi connectivity index (χ2v) is 11.9. The summed E-state index contributed by atoms with van der Waals surface area (Å²) in [7, 11) is 0. The molecule has 2 saturated carbocycles. The Morgan fingerprint density at radius 2 is 1.62 bits per heavy atom. The predicted molar refractivity (Wildman–Crippen MR) is 158 cm³/mol. The lowest BCUT2D eigenvalue weighted by atomic mass is 9.81. The Balaban J connectivity index is 1.21. The van der Waals surface area contributed by atoms with Crippen molar-refractivity contribution in [2.75, 3.05) is 4.90 Å². The Hall–Kier alpha value is -4.36. The molecule has 5 atom stereocenters. The number of pyridine rings is 1. The molecule has 1 saturated heterocycles. The number of carbonyl (C=O) groups excluding carboxylic acids is 4. The molecule has 0 radical (unpaired) electrons. The Bertz CT molecular complexity index is 1770. The number of anilines is 1. The lowest BCUT2D eigenvalue weighted by Crippen LogP contribution is -2.32. The van der Waals surface area contributed by atoms with E-state index in [1.165, 1.54) is 17.9 Å². The van der Waals surface area contributed by atoms with Crippen molar-refractivity contribution in [2.24, 2.45) is 23.7 Å². The maximum Gasteiger partial charge on any atom is 0.339 e. The van der Waals surface area contributed by atoms with Crippen LogP contribution in [0, 0.1) is 23.7 Å². The third-order valence-corrected chi connectivity index (χ3v) is 9.26. The van der Waals surface area contributed by atoms with Crippen LogP contribution in [-0.2, 0) is 14.3 Å². The van der Waals surface area contributed by atoms with Crippen molar-refractivity contribution in [3.63, 3.8) is 0 Å². The zero-order valence-corrected chi connectivity index (χ0v) is 23.6. The number of carbonyl (C=O) groups is 4. The number of benzene rings is 3. The number of nitrogens with zero attached hydrogens (tertiary/aromatic N) is 2. The van der Waals surface area contributed by atoms with Crippen LogP contribution in [-0.4, -0.2) is 34.7 Å². The summed E-state index contributed by atoms with van der Waals surface area (Å²) in [5.41, 5.74) is 2.82. The van der Waals surface area contributed by atoms with Crippen molar-refractivity contribution >= 4 is 51.8 Å². The van der Waals surface area contributed by atoms with Gasteiger partial charge in [-0.1, -0.05) is 54.1 Å². The molecule has 2 bridgehead atoms. The van der Waals surface area contributed by atoms with Gasteiger partial charge in [-0.05, 0) is 74.4 Å². The molecule has 3 fully saturated rings. The zero-order chi connectivity index (χ0) is 29.1. The number of hydrogen-bond donors (Lipinski definition) is 0. The van der Waals surface area contributed by atoms with Crippen LogP contribution in [0.2, 0.25) is 5.02 Å². The van der Waals surface area contributed by atoms with Gasteiger partial charge in [0, 0.05) is 21.5 Å². The van der Waals surface area contributed by atoms with Crippen molar-refractivity contribution in [1.82, 2.24) is 4.98 Å². The second kappa shape index (κ2) is 10.2. The maximum atomic E-state index is 13.5. The summed E-state index contributed by atoms with van der Waals surface area (Å²) >= 11 is 6.04. The first kappa shape index (κ1) is 26.5. The Kier molecular flexibility index (Phi) is 6.43. The highest BCUT2D eigenvalue weighted by Gasteiger charge is 2.61. The molecular weight excluding hydrogens is 552 g/mol. The van der Waals surface area contributed by atoms with E-state index in [4.69, 9.17) is 21.3 Å². The number of esters is 1. The molecule has 42 heavy (non-hydrogen) atoms. The van der Waals surface area contributed by atoms with Gasteiger partial charge in [0.2, 0.25) is 17.6 Å². The molecule has 8 heteroatoms. The quantitative estimate of drug-likeness (QED) is 0.147. The molecule has 0 unspecified atom stereocenters. The van der Waals surface area contributed by atoms with Gasteiger partial charge in [-0.3, -0.25) is 19.3 Å². The van der Waals surface area contributed by atoms with Crippen LogP contribution >= 0.6 is 11.6 Å². The highest BCUT2D eigenvalue weighted by molar-refractivity contribution is 6.31. The summed E-state index contributed by atoms with van der Waals surface area (Å²) in [4.78, 5) is 59.4. The van der Waals surface area contributed by atoms with E-state index in [-0.39, 0.29) is 35.0 Å². The number of hydrogen-bond acceptors (Lipinski definition) is 6. The van der Waals surface area contributed by atoms with E-state index >= 15 is 0 Å². The molecule has 2 heterocycles. The number of ketones is 1. The third-order valence-electron chi connectivity index (χ3n) is 9.03. The number of rotatable bonds is 6.